The highest BCUT2D eigenvalue weighted by molar-refractivity contribution is 7.15. The molecule has 2 aromatic carbocycles. The third-order valence-electron chi connectivity index (χ3n) is 4.14. The minimum atomic E-state index is -0.623. The Morgan fingerprint density at radius 1 is 1.07 bits per heavy atom. The first-order chi connectivity index (χ1) is 14.1. The molecule has 0 unspecified atom stereocenters. The van der Waals surface area contributed by atoms with E-state index in [4.69, 9.17) is 4.74 Å². The lowest BCUT2D eigenvalue weighted by Gasteiger charge is -2.11. The van der Waals surface area contributed by atoms with Gasteiger partial charge in [-0.2, -0.15) is 0 Å². The van der Waals surface area contributed by atoms with Crippen molar-refractivity contribution >= 4 is 33.9 Å². The second-order valence-electron chi connectivity index (χ2n) is 6.08. The molecule has 8 heteroatoms. The molecule has 29 heavy (non-hydrogen) atoms. The number of ether oxygens (including phenoxy) is 1. The van der Waals surface area contributed by atoms with Gasteiger partial charge in [-0.1, -0.05) is 30.3 Å². The molecule has 0 saturated carbocycles. The van der Waals surface area contributed by atoms with Gasteiger partial charge in [0.1, 0.15) is 6.61 Å². The molecule has 0 radical (unpaired) electrons. The van der Waals surface area contributed by atoms with Crippen LogP contribution in [0.15, 0.2) is 77.0 Å². The maximum Gasteiger partial charge on any atom is 0.340 e. The van der Waals surface area contributed by atoms with Crippen LogP contribution < -0.4 is 10.9 Å². The summed E-state index contributed by atoms with van der Waals surface area (Å²) in [7, 11) is 0. The minimum absolute atomic E-state index is 0.149. The fourth-order valence-corrected chi connectivity index (χ4v) is 3.47. The molecular weight excluding hydrogens is 390 g/mol. The Balaban J connectivity index is 1.50. The molecule has 7 nitrogen and oxygen atoms in total. The smallest absolute Gasteiger partial charge is 0.340 e. The summed E-state index contributed by atoms with van der Waals surface area (Å²) in [6.45, 7) is -0.149. The van der Waals surface area contributed by atoms with Crippen molar-refractivity contribution in [2.24, 2.45) is 0 Å². The number of hydrogen-bond donors (Lipinski definition) is 1. The van der Waals surface area contributed by atoms with Crippen molar-refractivity contribution in [3.63, 3.8) is 0 Å². The van der Waals surface area contributed by atoms with E-state index in [9.17, 15) is 14.4 Å². The third kappa shape index (κ3) is 4.07. The Morgan fingerprint density at radius 2 is 1.83 bits per heavy atom. The predicted molar refractivity (Wildman–Crippen MR) is 109 cm³/mol. The Kier molecular flexibility index (Phi) is 5.17. The van der Waals surface area contributed by atoms with Crippen LogP contribution in [0, 0.1) is 0 Å². The number of para-hydroxylation sites is 1. The molecule has 0 aliphatic heterocycles. The lowest BCUT2D eigenvalue weighted by Crippen LogP contribution is -2.17. The lowest BCUT2D eigenvalue weighted by atomic mass is 10.1. The number of thiazole rings is 1. The summed E-state index contributed by atoms with van der Waals surface area (Å²) in [5, 5.41) is 4.48. The van der Waals surface area contributed by atoms with Gasteiger partial charge in [0.05, 0.1) is 16.9 Å². The SMILES string of the molecule is O=C(Nc1ccccc1C(=O)OCc1cc(=O)n2ccsc2n1)c1ccccc1. The first-order valence-corrected chi connectivity index (χ1v) is 9.58. The molecule has 2 aromatic heterocycles. The van der Waals surface area contributed by atoms with E-state index in [2.05, 4.69) is 10.3 Å². The van der Waals surface area contributed by atoms with E-state index < -0.39 is 5.97 Å². The number of esters is 1. The van der Waals surface area contributed by atoms with Crippen LogP contribution >= 0.6 is 11.3 Å². The van der Waals surface area contributed by atoms with E-state index in [-0.39, 0.29) is 23.6 Å². The van der Waals surface area contributed by atoms with Gasteiger partial charge in [-0.05, 0) is 24.3 Å². The molecule has 4 aromatic rings. The quantitative estimate of drug-likeness (QED) is 0.514. The normalized spacial score (nSPS) is 10.6. The monoisotopic (exact) mass is 405 g/mol. The molecule has 0 atom stereocenters. The van der Waals surface area contributed by atoms with Crippen LogP contribution in [0.1, 0.15) is 26.4 Å². The zero-order chi connectivity index (χ0) is 20.2. The van der Waals surface area contributed by atoms with Crippen molar-refractivity contribution in [3.05, 3.63) is 99.4 Å². The number of carbonyl (C=O) groups is 2. The Labute approximate surface area is 169 Å². The highest BCUT2D eigenvalue weighted by Crippen LogP contribution is 2.18. The lowest BCUT2D eigenvalue weighted by molar-refractivity contribution is 0.0469. The number of anilines is 1. The maximum absolute atomic E-state index is 12.6. The van der Waals surface area contributed by atoms with Crippen molar-refractivity contribution < 1.29 is 14.3 Å². The van der Waals surface area contributed by atoms with Crippen molar-refractivity contribution in [1.29, 1.82) is 0 Å². The molecule has 0 bridgehead atoms. The second kappa shape index (κ2) is 8.07. The summed E-state index contributed by atoms with van der Waals surface area (Å²) in [6, 6.07) is 16.6. The van der Waals surface area contributed by atoms with Crippen LogP contribution in [0.25, 0.3) is 4.96 Å². The number of fused-ring (bicyclic) bond motifs is 1. The predicted octanol–water partition coefficient (Wildman–Crippen LogP) is 3.37. The number of carbonyl (C=O) groups excluding carboxylic acids is 2. The number of hydrogen-bond acceptors (Lipinski definition) is 6. The summed E-state index contributed by atoms with van der Waals surface area (Å²) in [5.74, 6) is -0.953. The molecule has 0 fully saturated rings. The Morgan fingerprint density at radius 3 is 2.66 bits per heavy atom. The van der Waals surface area contributed by atoms with Crippen molar-refractivity contribution in [3.8, 4) is 0 Å². The Hall–Kier alpha value is -3.78. The number of amides is 1. The summed E-state index contributed by atoms with van der Waals surface area (Å²) in [6.07, 6.45) is 1.64. The molecular formula is C21H15N3O4S. The fourth-order valence-electron chi connectivity index (χ4n) is 2.73. The highest BCUT2D eigenvalue weighted by atomic mass is 32.1. The van der Waals surface area contributed by atoms with Gasteiger partial charge in [0.15, 0.2) is 4.96 Å². The molecule has 2 heterocycles. The molecule has 0 aliphatic carbocycles. The summed E-state index contributed by atoms with van der Waals surface area (Å²) >= 11 is 1.32. The third-order valence-corrected chi connectivity index (χ3v) is 4.90. The largest absolute Gasteiger partial charge is 0.456 e. The number of rotatable bonds is 5. The topological polar surface area (TPSA) is 89.8 Å². The van der Waals surface area contributed by atoms with Gasteiger partial charge in [0, 0.05) is 23.2 Å². The van der Waals surface area contributed by atoms with Gasteiger partial charge in [0.25, 0.3) is 11.5 Å². The molecule has 0 saturated heterocycles. The van der Waals surface area contributed by atoms with Gasteiger partial charge in [-0.15, -0.1) is 11.3 Å². The number of nitrogens with one attached hydrogen (secondary N) is 1. The van der Waals surface area contributed by atoms with E-state index in [0.717, 1.165) is 0 Å². The minimum Gasteiger partial charge on any atom is -0.456 e. The molecule has 0 spiro atoms. The zero-order valence-corrected chi connectivity index (χ0v) is 15.9. The molecule has 0 aliphatic rings. The van der Waals surface area contributed by atoms with Crippen LogP contribution in [-0.4, -0.2) is 21.3 Å². The average molecular weight is 405 g/mol. The Bertz CT molecular complexity index is 1250. The van der Waals surface area contributed by atoms with E-state index in [1.807, 2.05) is 6.07 Å². The summed E-state index contributed by atoms with van der Waals surface area (Å²) in [5.41, 5.74) is 1.15. The maximum atomic E-state index is 12.6. The van der Waals surface area contributed by atoms with Crippen molar-refractivity contribution in [2.45, 2.75) is 6.61 Å². The summed E-state index contributed by atoms with van der Waals surface area (Å²) in [4.78, 5) is 41.8. The molecule has 1 N–H and O–H groups in total. The van der Waals surface area contributed by atoms with Crippen molar-refractivity contribution in [2.75, 3.05) is 5.32 Å². The fraction of sp³-hybridized carbons (Fsp3) is 0.0476. The standard InChI is InChI=1S/C21H15N3O4S/c25-18-12-15(22-21-24(18)10-11-29-21)13-28-20(27)16-8-4-5-9-17(16)23-19(26)14-6-2-1-3-7-14/h1-12H,13H2,(H,23,26). The van der Waals surface area contributed by atoms with Crippen LogP contribution in [0.3, 0.4) is 0 Å². The van der Waals surface area contributed by atoms with Gasteiger partial charge >= 0.3 is 5.97 Å². The van der Waals surface area contributed by atoms with E-state index in [0.29, 0.717) is 21.9 Å². The summed E-state index contributed by atoms with van der Waals surface area (Å²) < 4.78 is 6.75. The number of aromatic nitrogens is 2. The van der Waals surface area contributed by atoms with Gasteiger partial charge in [-0.3, -0.25) is 14.0 Å². The number of nitrogens with zero attached hydrogens (tertiary/aromatic N) is 2. The van der Waals surface area contributed by atoms with Crippen LogP contribution in [-0.2, 0) is 11.3 Å². The zero-order valence-electron chi connectivity index (χ0n) is 15.1. The highest BCUT2D eigenvalue weighted by Gasteiger charge is 2.16. The van der Waals surface area contributed by atoms with Gasteiger partial charge < -0.3 is 10.1 Å². The first-order valence-electron chi connectivity index (χ1n) is 8.70. The molecule has 1 amide bonds. The second-order valence-corrected chi connectivity index (χ2v) is 6.96. The van der Waals surface area contributed by atoms with Gasteiger partial charge in [-0.25, -0.2) is 9.78 Å². The van der Waals surface area contributed by atoms with E-state index in [1.54, 1.807) is 60.1 Å². The molecule has 4 rings (SSSR count). The van der Waals surface area contributed by atoms with Crippen LogP contribution in [0.4, 0.5) is 5.69 Å². The average Bonchev–Trinajstić information content (AvgIpc) is 3.22. The van der Waals surface area contributed by atoms with Gasteiger partial charge in [0.2, 0.25) is 0 Å². The number of benzene rings is 2. The van der Waals surface area contributed by atoms with E-state index >= 15 is 0 Å². The van der Waals surface area contributed by atoms with Crippen LogP contribution in [0.2, 0.25) is 0 Å². The van der Waals surface area contributed by atoms with E-state index in [1.165, 1.54) is 21.8 Å². The first kappa shape index (κ1) is 18.6. The van der Waals surface area contributed by atoms with Crippen molar-refractivity contribution in [1.82, 2.24) is 9.38 Å². The van der Waals surface area contributed by atoms with Crippen LogP contribution in [0.5, 0.6) is 0 Å². The molecule has 144 valence electrons.